The van der Waals surface area contributed by atoms with Gasteiger partial charge in [0.05, 0.1) is 18.4 Å². The van der Waals surface area contributed by atoms with E-state index in [4.69, 9.17) is 11.6 Å². The summed E-state index contributed by atoms with van der Waals surface area (Å²) in [6.07, 6.45) is 5.59. The molecule has 0 aliphatic carbocycles. The molecule has 3 aromatic rings. The van der Waals surface area contributed by atoms with E-state index in [2.05, 4.69) is 9.97 Å². The summed E-state index contributed by atoms with van der Waals surface area (Å²) in [7, 11) is 0. The molecule has 0 saturated carbocycles. The molecule has 0 fully saturated rings. The second-order valence-electron chi connectivity index (χ2n) is 5.40. The summed E-state index contributed by atoms with van der Waals surface area (Å²) in [6.45, 7) is 2.51. The molecule has 116 valence electrons. The minimum atomic E-state index is 0.0311. The van der Waals surface area contributed by atoms with Crippen LogP contribution in [0.5, 0.6) is 0 Å². The molecular formula is C18H16ClN3O. The lowest BCUT2D eigenvalue weighted by atomic mass is 10.1. The predicted molar refractivity (Wildman–Crippen MR) is 89.8 cm³/mol. The van der Waals surface area contributed by atoms with E-state index in [0.29, 0.717) is 17.1 Å². The third-order valence-corrected chi connectivity index (χ3v) is 3.83. The Labute approximate surface area is 139 Å². The van der Waals surface area contributed by atoms with Crippen molar-refractivity contribution in [2.45, 2.75) is 19.9 Å². The van der Waals surface area contributed by atoms with Gasteiger partial charge >= 0.3 is 0 Å². The fourth-order valence-corrected chi connectivity index (χ4v) is 2.68. The molecule has 0 N–H and O–H groups in total. The number of Topliss-reactive ketones (excluding diaryl/α,β-unsaturated/α-hetero) is 1. The van der Waals surface area contributed by atoms with E-state index in [1.807, 2.05) is 42.0 Å². The molecule has 4 nitrogen and oxygen atoms in total. The zero-order chi connectivity index (χ0) is 16.2. The van der Waals surface area contributed by atoms with Crippen LogP contribution in [0, 0.1) is 6.92 Å². The van der Waals surface area contributed by atoms with Gasteiger partial charge in [-0.1, -0.05) is 23.7 Å². The topological polar surface area (TPSA) is 47.8 Å². The first-order valence-corrected chi connectivity index (χ1v) is 7.69. The van der Waals surface area contributed by atoms with Gasteiger partial charge in [0.15, 0.2) is 5.78 Å². The van der Waals surface area contributed by atoms with Gasteiger partial charge in [-0.2, -0.15) is 0 Å². The summed E-state index contributed by atoms with van der Waals surface area (Å²) in [5.74, 6) is 0.0311. The zero-order valence-corrected chi connectivity index (χ0v) is 13.5. The first-order valence-electron chi connectivity index (χ1n) is 7.32. The van der Waals surface area contributed by atoms with Crippen molar-refractivity contribution in [3.63, 3.8) is 0 Å². The molecule has 5 heteroatoms. The normalized spacial score (nSPS) is 10.7. The zero-order valence-electron chi connectivity index (χ0n) is 12.7. The van der Waals surface area contributed by atoms with Gasteiger partial charge in [-0.3, -0.25) is 9.78 Å². The van der Waals surface area contributed by atoms with Crippen LogP contribution >= 0.6 is 11.6 Å². The third kappa shape index (κ3) is 3.85. The molecular weight excluding hydrogens is 310 g/mol. The van der Waals surface area contributed by atoms with Crippen molar-refractivity contribution < 1.29 is 4.79 Å². The lowest BCUT2D eigenvalue weighted by Crippen LogP contribution is -2.07. The molecule has 23 heavy (non-hydrogen) atoms. The summed E-state index contributed by atoms with van der Waals surface area (Å²) in [5.41, 5.74) is 3.24. The van der Waals surface area contributed by atoms with Gasteiger partial charge in [0.2, 0.25) is 0 Å². The molecule has 0 bridgehead atoms. The van der Waals surface area contributed by atoms with Crippen LogP contribution in [0.3, 0.4) is 0 Å². The SMILES string of the molecule is Cc1ncccc1C(=O)Cc1cn(Cc2cccc(Cl)c2)cn1. The molecule has 0 saturated heterocycles. The number of aryl methyl sites for hydroxylation is 1. The van der Waals surface area contributed by atoms with Crippen molar-refractivity contribution in [1.82, 2.24) is 14.5 Å². The van der Waals surface area contributed by atoms with E-state index in [1.54, 1.807) is 24.7 Å². The smallest absolute Gasteiger partial charge is 0.170 e. The summed E-state index contributed by atoms with van der Waals surface area (Å²) in [5, 5.41) is 0.713. The molecule has 2 aromatic heterocycles. The molecule has 3 rings (SSSR count). The number of pyridine rings is 1. The summed E-state index contributed by atoms with van der Waals surface area (Å²) < 4.78 is 1.95. The molecule has 0 atom stereocenters. The second kappa shape index (κ2) is 6.75. The van der Waals surface area contributed by atoms with Crippen molar-refractivity contribution in [3.8, 4) is 0 Å². The third-order valence-electron chi connectivity index (χ3n) is 3.59. The number of ketones is 1. The maximum absolute atomic E-state index is 12.3. The number of aromatic nitrogens is 3. The largest absolute Gasteiger partial charge is 0.333 e. The van der Waals surface area contributed by atoms with Crippen LogP contribution in [-0.4, -0.2) is 20.3 Å². The second-order valence-corrected chi connectivity index (χ2v) is 5.84. The number of benzene rings is 1. The highest BCUT2D eigenvalue weighted by Crippen LogP contribution is 2.13. The van der Waals surface area contributed by atoms with Gasteiger partial charge in [-0.25, -0.2) is 4.98 Å². The van der Waals surface area contributed by atoms with Crippen molar-refractivity contribution in [1.29, 1.82) is 0 Å². The predicted octanol–water partition coefficient (Wildman–Crippen LogP) is 3.71. The molecule has 0 unspecified atom stereocenters. The molecule has 1 aromatic carbocycles. The lowest BCUT2D eigenvalue weighted by molar-refractivity contribution is 0.0991. The van der Waals surface area contributed by atoms with E-state index in [-0.39, 0.29) is 12.2 Å². The van der Waals surface area contributed by atoms with Crippen LogP contribution in [0.15, 0.2) is 55.1 Å². The standard InChI is InChI=1S/C18H16ClN3O/c1-13-17(6-3-7-20-13)18(23)9-16-11-22(12-21-16)10-14-4-2-5-15(19)8-14/h2-8,11-12H,9-10H2,1H3. The van der Waals surface area contributed by atoms with E-state index < -0.39 is 0 Å². The highest BCUT2D eigenvalue weighted by atomic mass is 35.5. The Kier molecular flexibility index (Phi) is 4.53. The highest BCUT2D eigenvalue weighted by molar-refractivity contribution is 6.30. The fourth-order valence-electron chi connectivity index (χ4n) is 2.47. The Hall–Kier alpha value is -2.46. The number of halogens is 1. The van der Waals surface area contributed by atoms with Crippen molar-refractivity contribution in [2.75, 3.05) is 0 Å². The summed E-state index contributed by atoms with van der Waals surface area (Å²) >= 11 is 5.99. The van der Waals surface area contributed by atoms with Crippen LogP contribution < -0.4 is 0 Å². The fraction of sp³-hybridized carbons (Fsp3) is 0.167. The molecule has 2 heterocycles. The first kappa shape index (κ1) is 15.4. The van der Waals surface area contributed by atoms with Gasteiger partial charge in [0, 0.05) is 35.2 Å². The minimum Gasteiger partial charge on any atom is -0.333 e. The Morgan fingerprint density at radius 1 is 1.22 bits per heavy atom. The Balaban J connectivity index is 1.70. The number of carbonyl (C=O) groups is 1. The first-order chi connectivity index (χ1) is 11.1. The molecule has 0 spiro atoms. The van der Waals surface area contributed by atoms with Gasteiger partial charge < -0.3 is 4.57 Å². The molecule has 0 radical (unpaired) electrons. The van der Waals surface area contributed by atoms with E-state index >= 15 is 0 Å². The average molecular weight is 326 g/mol. The van der Waals surface area contributed by atoms with Gasteiger partial charge in [-0.05, 0) is 36.8 Å². The monoisotopic (exact) mass is 325 g/mol. The van der Waals surface area contributed by atoms with Crippen LogP contribution in [0.2, 0.25) is 5.02 Å². The van der Waals surface area contributed by atoms with Crippen LogP contribution in [0.4, 0.5) is 0 Å². The van der Waals surface area contributed by atoms with Gasteiger partial charge in [0.25, 0.3) is 0 Å². The highest BCUT2D eigenvalue weighted by Gasteiger charge is 2.12. The minimum absolute atomic E-state index is 0.0311. The van der Waals surface area contributed by atoms with Crippen LogP contribution in [0.25, 0.3) is 0 Å². The lowest BCUT2D eigenvalue weighted by Gasteiger charge is -2.03. The van der Waals surface area contributed by atoms with Gasteiger partial charge in [-0.15, -0.1) is 0 Å². The number of rotatable bonds is 5. The number of hydrogen-bond acceptors (Lipinski definition) is 3. The van der Waals surface area contributed by atoms with Crippen molar-refractivity contribution >= 4 is 17.4 Å². The van der Waals surface area contributed by atoms with E-state index in [0.717, 1.165) is 17.0 Å². The number of hydrogen-bond donors (Lipinski definition) is 0. The molecule has 0 aliphatic heterocycles. The summed E-state index contributed by atoms with van der Waals surface area (Å²) in [4.78, 5) is 20.8. The average Bonchev–Trinajstić information content (AvgIpc) is 2.94. The van der Waals surface area contributed by atoms with Gasteiger partial charge in [0.1, 0.15) is 0 Å². The quantitative estimate of drug-likeness (QED) is 0.672. The molecule has 0 aliphatic rings. The van der Waals surface area contributed by atoms with E-state index in [1.165, 1.54) is 0 Å². The van der Waals surface area contributed by atoms with Crippen molar-refractivity contribution in [2.24, 2.45) is 0 Å². The number of carbonyl (C=O) groups excluding carboxylic acids is 1. The Bertz CT molecular complexity index is 842. The summed E-state index contributed by atoms with van der Waals surface area (Å²) in [6, 6.07) is 11.3. The van der Waals surface area contributed by atoms with Crippen molar-refractivity contribution in [3.05, 3.63) is 82.7 Å². The van der Waals surface area contributed by atoms with Crippen LogP contribution in [-0.2, 0) is 13.0 Å². The van der Waals surface area contributed by atoms with Crippen LogP contribution in [0.1, 0.15) is 27.3 Å². The Morgan fingerprint density at radius 2 is 2.09 bits per heavy atom. The number of nitrogens with zero attached hydrogens (tertiary/aromatic N) is 3. The Morgan fingerprint density at radius 3 is 2.87 bits per heavy atom. The molecule has 0 amide bonds. The maximum Gasteiger partial charge on any atom is 0.170 e. The van der Waals surface area contributed by atoms with E-state index in [9.17, 15) is 4.79 Å². The maximum atomic E-state index is 12.3. The number of imidazole rings is 1.